The quantitative estimate of drug-likeness (QED) is 0.849. The summed E-state index contributed by atoms with van der Waals surface area (Å²) < 4.78 is 5.72. The Balaban J connectivity index is 1.51. The van der Waals surface area contributed by atoms with E-state index in [9.17, 15) is 9.59 Å². The molecule has 0 unspecified atom stereocenters. The Labute approximate surface area is 157 Å². The predicted octanol–water partition coefficient (Wildman–Crippen LogP) is 3.69. The number of amides is 2. The normalized spacial score (nSPS) is 17.7. The van der Waals surface area contributed by atoms with Gasteiger partial charge in [0.25, 0.3) is 5.91 Å². The zero-order valence-corrected chi connectivity index (χ0v) is 14.9. The molecule has 0 aromatic heterocycles. The average molecular weight is 360 g/mol. The van der Waals surface area contributed by atoms with E-state index in [0.29, 0.717) is 11.4 Å². The summed E-state index contributed by atoms with van der Waals surface area (Å²) in [6.45, 7) is 1.67. The fourth-order valence-corrected chi connectivity index (χ4v) is 3.22. The summed E-state index contributed by atoms with van der Waals surface area (Å²) in [4.78, 5) is 26.2. The summed E-state index contributed by atoms with van der Waals surface area (Å²) in [5.74, 6) is 0.625. The van der Waals surface area contributed by atoms with Gasteiger partial charge in [0.15, 0.2) is 11.5 Å². The van der Waals surface area contributed by atoms with Crippen LogP contribution in [0, 0.1) is 0 Å². The molecule has 5 nitrogen and oxygen atoms in total. The third-order valence-electron chi connectivity index (χ3n) is 4.62. The monoisotopic (exact) mass is 360 g/mol. The van der Waals surface area contributed by atoms with Crippen molar-refractivity contribution in [3.8, 4) is 5.75 Å². The number of hydrogen-bond acceptors (Lipinski definition) is 3. The second kappa shape index (κ2) is 7.50. The number of ether oxygens (including phenoxy) is 1. The van der Waals surface area contributed by atoms with Gasteiger partial charge in [-0.15, -0.1) is 0 Å². The summed E-state index contributed by atoms with van der Waals surface area (Å²) in [5.41, 5.74) is 2.39. The van der Waals surface area contributed by atoms with E-state index < -0.39 is 0 Å². The largest absolute Gasteiger partial charge is 0.449 e. The molecule has 0 radical (unpaired) electrons. The highest BCUT2D eigenvalue weighted by molar-refractivity contribution is 6.08. The van der Waals surface area contributed by atoms with Crippen LogP contribution in [0.3, 0.4) is 0 Å². The number of carbonyl (C=O) groups is 2. The average Bonchev–Trinajstić information content (AvgIpc) is 3.22. The number of benzene rings is 2. The molecule has 2 aliphatic rings. The molecule has 0 aliphatic carbocycles. The van der Waals surface area contributed by atoms with Crippen molar-refractivity contribution in [2.24, 2.45) is 0 Å². The topological polar surface area (TPSA) is 58.6 Å². The van der Waals surface area contributed by atoms with Crippen LogP contribution in [-0.4, -0.2) is 29.8 Å². The zero-order valence-electron chi connectivity index (χ0n) is 14.9. The Morgan fingerprint density at radius 2 is 1.81 bits per heavy atom. The van der Waals surface area contributed by atoms with Crippen LogP contribution in [0.5, 0.6) is 5.75 Å². The van der Waals surface area contributed by atoms with Crippen molar-refractivity contribution in [3.63, 3.8) is 0 Å². The maximum atomic E-state index is 12.2. The van der Waals surface area contributed by atoms with Gasteiger partial charge >= 0.3 is 0 Å². The zero-order chi connectivity index (χ0) is 18.6. The summed E-state index contributed by atoms with van der Waals surface area (Å²) in [6, 6.07) is 14.9. The molecule has 2 amide bonds. The molecule has 27 heavy (non-hydrogen) atoms. The standard InChI is InChI=1S/C22H20N2O3/c25-21(24-12-3-4-13-24)11-10-16-6-5-7-17(14-16)15-20-22(26)23-18-8-1-2-9-19(18)27-20/h1-2,5-11,14-15H,3-4,12-13H2,(H,23,26)/b11-10+,20-15-. The van der Waals surface area contributed by atoms with Crippen LogP contribution in [0.25, 0.3) is 12.2 Å². The van der Waals surface area contributed by atoms with Crippen molar-refractivity contribution in [2.75, 3.05) is 18.4 Å². The van der Waals surface area contributed by atoms with Gasteiger partial charge in [0.2, 0.25) is 5.91 Å². The van der Waals surface area contributed by atoms with Crippen LogP contribution in [0.2, 0.25) is 0 Å². The van der Waals surface area contributed by atoms with Crippen molar-refractivity contribution in [1.29, 1.82) is 0 Å². The van der Waals surface area contributed by atoms with Gasteiger partial charge < -0.3 is 15.0 Å². The molecule has 136 valence electrons. The van der Waals surface area contributed by atoms with E-state index in [0.717, 1.165) is 37.1 Å². The van der Waals surface area contributed by atoms with E-state index in [4.69, 9.17) is 4.74 Å². The highest BCUT2D eigenvalue weighted by atomic mass is 16.5. The van der Waals surface area contributed by atoms with Crippen LogP contribution < -0.4 is 10.1 Å². The molecule has 5 heteroatoms. The van der Waals surface area contributed by atoms with E-state index in [1.165, 1.54) is 0 Å². The van der Waals surface area contributed by atoms with Crippen molar-refractivity contribution in [1.82, 2.24) is 4.90 Å². The van der Waals surface area contributed by atoms with Gasteiger partial charge in [0.05, 0.1) is 5.69 Å². The molecule has 0 atom stereocenters. The molecule has 1 fully saturated rings. The summed E-state index contributed by atoms with van der Waals surface area (Å²) in [5, 5.41) is 2.82. The Hall–Kier alpha value is -3.34. The van der Waals surface area contributed by atoms with Crippen LogP contribution >= 0.6 is 0 Å². The fourth-order valence-electron chi connectivity index (χ4n) is 3.22. The third kappa shape index (κ3) is 3.92. The lowest BCUT2D eigenvalue weighted by molar-refractivity contribution is -0.124. The van der Waals surface area contributed by atoms with E-state index >= 15 is 0 Å². The number of likely N-dealkylation sites (tertiary alicyclic amines) is 1. The van der Waals surface area contributed by atoms with Gasteiger partial charge in [0.1, 0.15) is 0 Å². The van der Waals surface area contributed by atoms with Crippen LogP contribution in [0.4, 0.5) is 5.69 Å². The molecule has 0 saturated carbocycles. The van der Waals surface area contributed by atoms with Gasteiger partial charge in [-0.1, -0.05) is 30.3 Å². The van der Waals surface area contributed by atoms with E-state index in [-0.39, 0.29) is 17.6 Å². The van der Waals surface area contributed by atoms with Gasteiger partial charge in [-0.25, -0.2) is 0 Å². The Morgan fingerprint density at radius 3 is 2.67 bits per heavy atom. The van der Waals surface area contributed by atoms with Gasteiger partial charge in [0, 0.05) is 19.2 Å². The lowest BCUT2D eigenvalue weighted by Crippen LogP contribution is -2.25. The number of hydrogen-bond donors (Lipinski definition) is 1. The van der Waals surface area contributed by atoms with Gasteiger partial charge in [-0.3, -0.25) is 9.59 Å². The maximum absolute atomic E-state index is 12.2. The highest BCUT2D eigenvalue weighted by Crippen LogP contribution is 2.30. The smallest absolute Gasteiger partial charge is 0.291 e. The number of nitrogens with zero attached hydrogens (tertiary/aromatic N) is 1. The number of fused-ring (bicyclic) bond motifs is 1. The highest BCUT2D eigenvalue weighted by Gasteiger charge is 2.21. The Bertz CT molecular complexity index is 940. The third-order valence-corrected chi connectivity index (χ3v) is 4.62. The number of para-hydroxylation sites is 2. The molecule has 4 rings (SSSR count). The first-order chi connectivity index (χ1) is 13.2. The molecule has 0 bridgehead atoms. The summed E-state index contributed by atoms with van der Waals surface area (Å²) >= 11 is 0. The molecule has 2 aromatic carbocycles. The molecule has 0 spiro atoms. The first-order valence-corrected chi connectivity index (χ1v) is 9.06. The lowest BCUT2D eigenvalue weighted by Gasteiger charge is -2.19. The molecule has 1 N–H and O–H groups in total. The van der Waals surface area contributed by atoms with E-state index in [2.05, 4.69) is 5.32 Å². The number of anilines is 1. The SMILES string of the molecule is O=C1Nc2ccccc2O/C1=C\c1cccc(/C=C/C(=O)N2CCCC2)c1. The lowest BCUT2D eigenvalue weighted by atomic mass is 10.1. The molecule has 2 aromatic rings. The van der Waals surface area contributed by atoms with Crippen molar-refractivity contribution < 1.29 is 14.3 Å². The predicted molar refractivity (Wildman–Crippen MR) is 105 cm³/mol. The minimum atomic E-state index is -0.279. The summed E-state index contributed by atoms with van der Waals surface area (Å²) in [6.07, 6.45) is 7.27. The van der Waals surface area contributed by atoms with Gasteiger partial charge in [-0.2, -0.15) is 0 Å². The second-order valence-electron chi connectivity index (χ2n) is 6.60. The van der Waals surface area contributed by atoms with Crippen LogP contribution in [0.15, 0.2) is 60.4 Å². The number of rotatable bonds is 3. The first kappa shape index (κ1) is 17.1. The Morgan fingerprint density at radius 1 is 1.04 bits per heavy atom. The second-order valence-corrected chi connectivity index (χ2v) is 6.60. The van der Waals surface area contributed by atoms with E-state index in [1.807, 2.05) is 47.4 Å². The number of nitrogens with one attached hydrogen (secondary N) is 1. The fraction of sp³-hybridized carbons (Fsp3) is 0.182. The van der Waals surface area contributed by atoms with Crippen molar-refractivity contribution >= 4 is 29.7 Å². The van der Waals surface area contributed by atoms with Crippen LogP contribution in [-0.2, 0) is 9.59 Å². The van der Waals surface area contributed by atoms with Gasteiger partial charge in [-0.05, 0) is 54.3 Å². The Kier molecular flexibility index (Phi) is 4.75. The van der Waals surface area contributed by atoms with Crippen molar-refractivity contribution in [2.45, 2.75) is 12.8 Å². The van der Waals surface area contributed by atoms with Crippen molar-refractivity contribution in [3.05, 3.63) is 71.5 Å². The minimum Gasteiger partial charge on any atom is -0.449 e. The minimum absolute atomic E-state index is 0.0443. The van der Waals surface area contributed by atoms with Crippen LogP contribution in [0.1, 0.15) is 24.0 Å². The summed E-state index contributed by atoms with van der Waals surface area (Å²) in [7, 11) is 0. The molecular weight excluding hydrogens is 340 g/mol. The van der Waals surface area contributed by atoms with E-state index in [1.54, 1.807) is 24.3 Å². The molecule has 1 saturated heterocycles. The first-order valence-electron chi connectivity index (χ1n) is 9.06. The molecular formula is C22H20N2O3. The number of carbonyl (C=O) groups excluding carboxylic acids is 2. The molecule has 2 heterocycles. The maximum Gasteiger partial charge on any atom is 0.291 e. The molecule has 2 aliphatic heterocycles.